The first kappa shape index (κ1) is 31.7. The molecule has 40 heavy (non-hydrogen) atoms. The van der Waals surface area contributed by atoms with Crippen LogP contribution in [0.3, 0.4) is 0 Å². The molecule has 0 N–H and O–H groups in total. The van der Waals surface area contributed by atoms with Gasteiger partial charge < -0.3 is 4.31 Å². The molecule has 0 aromatic heterocycles. The van der Waals surface area contributed by atoms with Gasteiger partial charge in [0.2, 0.25) is 0 Å². The third-order valence-electron chi connectivity index (χ3n) is 5.82. The van der Waals surface area contributed by atoms with E-state index in [1.807, 2.05) is 30.3 Å². The summed E-state index contributed by atoms with van der Waals surface area (Å²) in [7, 11) is -1.50. The largest absolute Gasteiger partial charge is 0.311 e. The average molecular weight is 693 g/mol. The zero-order valence-corrected chi connectivity index (χ0v) is 27.2. The molecule has 0 heterocycles. The summed E-state index contributed by atoms with van der Waals surface area (Å²) in [5, 5.41) is 3.48. The zero-order valence-electron chi connectivity index (χ0n) is 21.0. The number of rotatable bonds is 12. The highest BCUT2D eigenvalue weighted by molar-refractivity contribution is 8.00. The number of nitrogens with zero attached hydrogens (tertiary/aromatic N) is 2. The molecule has 0 bridgehead atoms. The quantitative estimate of drug-likeness (QED) is 0.109. The van der Waals surface area contributed by atoms with Crippen LogP contribution in [0.15, 0.2) is 94.7 Å². The van der Waals surface area contributed by atoms with Gasteiger partial charge in [-0.1, -0.05) is 69.6 Å². The lowest BCUT2D eigenvalue weighted by atomic mass is 10.2. The van der Waals surface area contributed by atoms with Gasteiger partial charge in [-0.2, -0.15) is 0 Å². The first-order valence-electron chi connectivity index (χ1n) is 12.3. The molecule has 0 aliphatic rings. The van der Waals surface area contributed by atoms with E-state index in [1.165, 1.54) is 0 Å². The van der Waals surface area contributed by atoms with Gasteiger partial charge in [-0.25, -0.2) is 4.21 Å². The molecule has 1 unspecified atom stereocenters. The van der Waals surface area contributed by atoms with E-state index >= 15 is 0 Å². The first-order chi connectivity index (χ1) is 19.2. The van der Waals surface area contributed by atoms with Crippen LogP contribution < -0.4 is 8.61 Å². The van der Waals surface area contributed by atoms with Crippen LogP contribution in [0.5, 0.6) is 0 Å². The van der Waals surface area contributed by atoms with Crippen molar-refractivity contribution in [2.45, 2.75) is 29.1 Å². The van der Waals surface area contributed by atoms with Crippen molar-refractivity contribution in [3.63, 3.8) is 0 Å². The van der Waals surface area contributed by atoms with Crippen molar-refractivity contribution < 1.29 is 4.21 Å². The van der Waals surface area contributed by atoms with E-state index in [-0.39, 0.29) is 0 Å². The topological polar surface area (TPSA) is 23.6 Å². The van der Waals surface area contributed by atoms with Crippen molar-refractivity contribution in [2.24, 2.45) is 0 Å². The summed E-state index contributed by atoms with van der Waals surface area (Å²) in [6, 6.07) is 25.2. The van der Waals surface area contributed by atoms with Crippen LogP contribution in [0.25, 0.3) is 0 Å². The maximum atomic E-state index is 13.6. The maximum Gasteiger partial charge on any atom is 0.152 e. The summed E-state index contributed by atoms with van der Waals surface area (Å²) >= 11 is 39.3. The Morgan fingerprint density at radius 3 is 1.70 bits per heavy atom. The predicted molar refractivity (Wildman–Crippen MR) is 177 cm³/mol. The highest BCUT2D eigenvalue weighted by Crippen LogP contribution is 2.37. The summed E-state index contributed by atoms with van der Waals surface area (Å²) in [6.07, 6.45) is 2.49. The predicted octanol–water partition coefficient (Wildman–Crippen LogP) is 11.5. The lowest BCUT2D eigenvalue weighted by molar-refractivity contribution is 0.666. The van der Waals surface area contributed by atoms with Gasteiger partial charge in [-0.05, 0) is 116 Å². The number of anilines is 2. The van der Waals surface area contributed by atoms with Gasteiger partial charge in [0.15, 0.2) is 11.0 Å². The number of hydrogen-bond acceptors (Lipinski definition) is 3. The Labute approximate surface area is 272 Å². The molecule has 0 aliphatic carbocycles. The summed E-state index contributed by atoms with van der Waals surface area (Å²) in [4.78, 5) is 1.65. The minimum absolute atomic E-state index is 0.479. The van der Waals surface area contributed by atoms with E-state index in [0.29, 0.717) is 53.8 Å². The average Bonchev–Trinajstić information content (AvgIpc) is 2.94. The van der Waals surface area contributed by atoms with Gasteiger partial charge in [0.25, 0.3) is 0 Å². The van der Waals surface area contributed by atoms with E-state index in [1.54, 1.807) is 70.9 Å². The summed E-state index contributed by atoms with van der Waals surface area (Å²) in [5.74, 6) is 0. The molecule has 0 saturated carbocycles. The number of unbranched alkanes of at least 4 members (excludes halogenated alkanes) is 2. The second-order valence-corrected chi connectivity index (χ2v) is 13.8. The number of benzene rings is 4. The van der Waals surface area contributed by atoms with Crippen LogP contribution in [0.1, 0.15) is 19.3 Å². The fourth-order valence-electron chi connectivity index (χ4n) is 3.85. The van der Waals surface area contributed by atoms with Crippen LogP contribution in [0.4, 0.5) is 11.4 Å². The highest BCUT2D eigenvalue weighted by atomic mass is 35.5. The van der Waals surface area contributed by atoms with Crippen molar-refractivity contribution in [1.29, 1.82) is 0 Å². The summed E-state index contributed by atoms with van der Waals surface area (Å²) in [6.45, 7) is 1.23. The number of halogens is 6. The molecule has 0 aliphatic heterocycles. The molecule has 0 spiro atoms. The van der Waals surface area contributed by atoms with Crippen molar-refractivity contribution >= 4 is 104 Å². The minimum Gasteiger partial charge on any atom is -0.311 e. The van der Waals surface area contributed by atoms with Gasteiger partial charge in [0.1, 0.15) is 0 Å². The standard InChI is InChI=1S/C29H24Cl6N2OS2/c30-20-4-10-24(11-5-20)39-36(28-18-22(32)8-14-26(28)34)16-2-1-3-17-37(29-19-23(33)9-15-27(29)35)40(38)25-12-6-21(31)7-13-25/h4-15,18-19H,1-3,16-17H2. The molecule has 4 aromatic rings. The van der Waals surface area contributed by atoms with Crippen molar-refractivity contribution in [3.8, 4) is 0 Å². The van der Waals surface area contributed by atoms with E-state index < -0.39 is 11.0 Å². The monoisotopic (exact) mass is 690 g/mol. The van der Waals surface area contributed by atoms with E-state index in [0.717, 1.165) is 29.8 Å². The first-order valence-corrected chi connectivity index (χ1v) is 16.4. The third kappa shape index (κ3) is 8.86. The highest BCUT2D eigenvalue weighted by Gasteiger charge is 2.20. The van der Waals surface area contributed by atoms with Crippen molar-refractivity contribution in [1.82, 2.24) is 0 Å². The van der Waals surface area contributed by atoms with Gasteiger partial charge in [-0.3, -0.25) is 4.31 Å². The van der Waals surface area contributed by atoms with E-state index in [9.17, 15) is 4.21 Å². The second kappa shape index (κ2) is 15.3. The molecule has 4 aromatic carbocycles. The smallest absolute Gasteiger partial charge is 0.152 e. The molecule has 0 saturated heterocycles. The SMILES string of the molecule is O=S(c1ccc(Cl)cc1)N(CCCCCN(Sc1ccc(Cl)cc1)c1cc(Cl)ccc1Cl)c1cc(Cl)ccc1Cl. The lowest BCUT2D eigenvalue weighted by Crippen LogP contribution is -2.27. The third-order valence-corrected chi connectivity index (χ3v) is 9.97. The Morgan fingerprint density at radius 1 is 0.575 bits per heavy atom. The second-order valence-electron chi connectivity index (χ2n) is 8.70. The number of hydrogen-bond donors (Lipinski definition) is 0. The molecule has 0 fully saturated rings. The van der Waals surface area contributed by atoms with Crippen LogP contribution in [-0.2, 0) is 11.0 Å². The zero-order chi connectivity index (χ0) is 28.6. The van der Waals surface area contributed by atoms with Gasteiger partial charge in [-0.15, -0.1) is 0 Å². The molecule has 1 atom stereocenters. The Kier molecular flexibility index (Phi) is 12.1. The van der Waals surface area contributed by atoms with Gasteiger partial charge >= 0.3 is 0 Å². The molecule has 0 radical (unpaired) electrons. The molecule has 3 nitrogen and oxygen atoms in total. The Morgan fingerprint density at radius 2 is 1.07 bits per heavy atom. The summed E-state index contributed by atoms with van der Waals surface area (Å²) < 4.78 is 17.5. The fraction of sp³-hybridized carbons (Fsp3) is 0.172. The van der Waals surface area contributed by atoms with Crippen LogP contribution >= 0.6 is 81.6 Å². The van der Waals surface area contributed by atoms with Crippen molar-refractivity contribution in [2.75, 3.05) is 21.7 Å². The van der Waals surface area contributed by atoms with Gasteiger partial charge in [0, 0.05) is 38.1 Å². The van der Waals surface area contributed by atoms with Crippen LogP contribution in [-0.4, -0.2) is 17.3 Å². The van der Waals surface area contributed by atoms with E-state index in [2.05, 4.69) is 4.31 Å². The Balaban J connectivity index is 1.46. The molecule has 11 heteroatoms. The minimum atomic E-state index is -1.50. The molecule has 0 amide bonds. The lowest BCUT2D eigenvalue weighted by Gasteiger charge is -2.26. The molecule has 4 rings (SSSR count). The fourth-order valence-corrected chi connectivity index (χ4v) is 7.20. The van der Waals surface area contributed by atoms with Crippen LogP contribution in [0.2, 0.25) is 30.1 Å². The maximum absolute atomic E-state index is 13.6. The Bertz CT molecular complexity index is 1450. The molecular formula is C29H24Cl6N2OS2. The van der Waals surface area contributed by atoms with Crippen LogP contribution in [0, 0.1) is 0 Å². The van der Waals surface area contributed by atoms with Crippen molar-refractivity contribution in [3.05, 3.63) is 115 Å². The Hall–Kier alpha value is -1.28. The van der Waals surface area contributed by atoms with E-state index in [4.69, 9.17) is 69.6 Å². The summed E-state index contributed by atoms with van der Waals surface area (Å²) in [5.41, 5.74) is 1.46. The van der Waals surface area contributed by atoms with Gasteiger partial charge in [0.05, 0.1) is 26.3 Å². The molecular weight excluding hydrogens is 669 g/mol. The normalized spacial score (nSPS) is 11.8. The molecule has 210 valence electrons.